The van der Waals surface area contributed by atoms with Crippen LogP contribution < -0.4 is 9.64 Å². The van der Waals surface area contributed by atoms with Gasteiger partial charge in [-0.1, -0.05) is 17.4 Å². The Kier molecular flexibility index (Phi) is 5.67. The zero-order chi connectivity index (χ0) is 19.6. The van der Waals surface area contributed by atoms with Crippen molar-refractivity contribution in [1.82, 2.24) is 9.88 Å². The average molecular weight is 391 g/mol. The lowest BCUT2D eigenvalue weighted by Gasteiger charge is -2.22. The van der Waals surface area contributed by atoms with Crippen LogP contribution in [0, 0.1) is 11.6 Å². The van der Waals surface area contributed by atoms with Crippen molar-refractivity contribution in [3.63, 3.8) is 0 Å². The predicted octanol–water partition coefficient (Wildman–Crippen LogP) is 3.79. The molecule has 1 heterocycles. The van der Waals surface area contributed by atoms with Gasteiger partial charge in [-0.3, -0.25) is 9.69 Å². The lowest BCUT2D eigenvalue weighted by molar-refractivity contribution is 0.0985. The van der Waals surface area contributed by atoms with E-state index in [0.29, 0.717) is 34.2 Å². The van der Waals surface area contributed by atoms with Gasteiger partial charge in [-0.05, 0) is 38.4 Å². The summed E-state index contributed by atoms with van der Waals surface area (Å²) in [6, 6.07) is 8.81. The summed E-state index contributed by atoms with van der Waals surface area (Å²) in [5, 5.41) is 0.323. The molecule has 0 saturated carbocycles. The smallest absolute Gasteiger partial charge is 0.260 e. The Morgan fingerprint density at radius 1 is 1.19 bits per heavy atom. The Balaban J connectivity index is 2.02. The summed E-state index contributed by atoms with van der Waals surface area (Å²) in [5.41, 5.74) is 0.490. The van der Waals surface area contributed by atoms with Gasteiger partial charge in [0, 0.05) is 24.7 Å². The van der Waals surface area contributed by atoms with E-state index >= 15 is 0 Å². The van der Waals surface area contributed by atoms with Gasteiger partial charge in [-0.2, -0.15) is 0 Å². The number of rotatable bonds is 6. The molecule has 0 unspecified atom stereocenters. The summed E-state index contributed by atoms with van der Waals surface area (Å²) in [7, 11) is 5.31. The Morgan fingerprint density at radius 3 is 2.67 bits per heavy atom. The van der Waals surface area contributed by atoms with Crippen molar-refractivity contribution in [2.75, 3.05) is 39.2 Å². The third kappa shape index (κ3) is 4.23. The number of nitrogens with zero attached hydrogens (tertiary/aromatic N) is 3. The molecule has 0 radical (unpaired) electrons. The minimum atomic E-state index is -0.742. The molecule has 0 saturated heterocycles. The van der Waals surface area contributed by atoms with Crippen molar-refractivity contribution in [2.24, 2.45) is 0 Å². The zero-order valence-electron chi connectivity index (χ0n) is 15.2. The second-order valence-electron chi connectivity index (χ2n) is 6.22. The maximum Gasteiger partial charge on any atom is 0.260 e. The molecule has 0 fully saturated rings. The molecule has 5 nitrogen and oxygen atoms in total. The van der Waals surface area contributed by atoms with E-state index in [1.807, 2.05) is 19.0 Å². The number of amides is 1. The minimum Gasteiger partial charge on any atom is -0.497 e. The number of halogens is 2. The number of aromatic nitrogens is 1. The van der Waals surface area contributed by atoms with E-state index in [9.17, 15) is 13.6 Å². The summed E-state index contributed by atoms with van der Waals surface area (Å²) in [4.78, 5) is 20.8. The Labute approximate surface area is 159 Å². The molecule has 8 heteroatoms. The molecule has 2 aromatic carbocycles. The van der Waals surface area contributed by atoms with Gasteiger partial charge in [0.05, 0.1) is 11.8 Å². The number of anilines is 1. The van der Waals surface area contributed by atoms with E-state index < -0.39 is 11.6 Å². The number of benzene rings is 2. The molecule has 0 N–H and O–H groups in total. The van der Waals surface area contributed by atoms with Crippen molar-refractivity contribution >= 4 is 32.6 Å². The van der Waals surface area contributed by atoms with Crippen LogP contribution in [0.5, 0.6) is 5.75 Å². The van der Waals surface area contributed by atoms with E-state index in [4.69, 9.17) is 4.74 Å². The molecule has 1 amide bonds. The second kappa shape index (κ2) is 7.98. The highest BCUT2D eigenvalue weighted by Gasteiger charge is 2.23. The van der Waals surface area contributed by atoms with Crippen molar-refractivity contribution in [1.29, 1.82) is 0 Å². The quantitative estimate of drug-likeness (QED) is 0.641. The van der Waals surface area contributed by atoms with Crippen molar-refractivity contribution in [2.45, 2.75) is 0 Å². The number of thiazole rings is 1. The van der Waals surface area contributed by atoms with Crippen LogP contribution in [-0.4, -0.2) is 50.1 Å². The normalized spacial score (nSPS) is 11.2. The first kappa shape index (κ1) is 19.2. The van der Waals surface area contributed by atoms with Crippen molar-refractivity contribution in [3.05, 3.63) is 53.6 Å². The topological polar surface area (TPSA) is 45.7 Å². The molecule has 0 spiro atoms. The fourth-order valence-electron chi connectivity index (χ4n) is 2.56. The molecule has 0 aliphatic carbocycles. The summed E-state index contributed by atoms with van der Waals surface area (Å²) in [6.07, 6.45) is 0. The minimum absolute atomic E-state index is 0.0599. The lowest BCUT2D eigenvalue weighted by Crippen LogP contribution is -2.36. The zero-order valence-corrected chi connectivity index (χ0v) is 16.0. The average Bonchev–Trinajstić information content (AvgIpc) is 3.05. The van der Waals surface area contributed by atoms with Crippen LogP contribution in [0.2, 0.25) is 0 Å². The van der Waals surface area contributed by atoms with Gasteiger partial charge in [-0.15, -0.1) is 0 Å². The first-order valence-electron chi connectivity index (χ1n) is 8.25. The van der Waals surface area contributed by atoms with Crippen LogP contribution in [-0.2, 0) is 0 Å². The number of fused-ring (bicyclic) bond motifs is 1. The Bertz CT molecular complexity index is 975. The lowest BCUT2D eigenvalue weighted by atomic mass is 10.2. The van der Waals surface area contributed by atoms with Gasteiger partial charge in [0.1, 0.15) is 17.1 Å². The molecule has 0 aliphatic heterocycles. The Morgan fingerprint density at radius 2 is 1.96 bits per heavy atom. The number of hydrogen-bond donors (Lipinski definition) is 0. The van der Waals surface area contributed by atoms with Crippen LogP contribution in [0.1, 0.15) is 10.4 Å². The standard InChI is InChI=1S/C19H19F2N3O2S/c1-23(2)7-8-24(18(25)12-5-4-6-14(9-12)26-3)19-22-17-15(21)10-13(20)11-16(17)27-19/h4-6,9-11H,7-8H2,1-3H3. The molecular formula is C19H19F2N3O2S. The maximum atomic E-state index is 14.0. The second-order valence-corrected chi connectivity index (χ2v) is 7.23. The number of carbonyl (C=O) groups is 1. The summed E-state index contributed by atoms with van der Waals surface area (Å²) in [6.45, 7) is 0.940. The van der Waals surface area contributed by atoms with Gasteiger partial charge in [0.2, 0.25) is 0 Å². The van der Waals surface area contributed by atoms with E-state index in [0.717, 1.165) is 17.4 Å². The van der Waals surface area contributed by atoms with E-state index in [2.05, 4.69) is 4.98 Å². The molecule has 27 heavy (non-hydrogen) atoms. The van der Waals surface area contributed by atoms with Gasteiger partial charge in [0.15, 0.2) is 10.9 Å². The van der Waals surface area contributed by atoms with Crippen LogP contribution in [0.15, 0.2) is 36.4 Å². The summed E-state index contributed by atoms with van der Waals surface area (Å²) >= 11 is 1.08. The SMILES string of the molecule is COc1cccc(C(=O)N(CCN(C)C)c2nc3c(F)cc(F)cc3s2)c1. The van der Waals surface area contributed by atoms with Gasteiger partial charge >= 0.3 is 0 Å². The van der Waals surface area contributed by atoms with Gasteiger partial charge in [-0.25, -0.2) is 13.8 Å². The third-order valence-corrected chi connectivity index (χ3v) is 4.99. The van der Waals surface area contributed by atoms with E-state index in [1.54, 1.807) is 24.3 Å². The maximum absolute atomic E-state index is 14.0. The molecule has 3 aromatic rings. The largest absolute Gasteiger partial charge is 0.497 e. The highest BCUT2D eigenvalue weighted by Crippen LogP contribution is 2.32. The summed E-state index contributed by atoms with van der Waals surface area (Å²) < 4.78 is 33.1. The third-order valence-electron chi connectivity index (χ3n) is 3.97. The Hall–Kier alpha value is -2.58. The summed E-state index contributed by atoms with van der Waals surface area (Å²) in [5.74, 6) is -1.13. The van der Waals surface area contributed by atoms with Gasteiger partial charge < -0.3 is 9.64 Å². The molecule has 142 valence electrons. The van der Waals surface area contributed by atoms with Crippen LogP contribution in [0.3, 0.4) is 0 Å². The number of methoxy groups -OCH3 is 1. The number of hydrogen-bond acceptors (Lipinski definition) is 5. The van der Waals surface area contributed by atoms with Crippen LogP contribution in [0.4, 0.5) is 13.9 Å². The molecule has 3 rings (SSSR count). The number of carbonyl (C=O) groups excluding carboxylic acids is 1. The number of ether oxygens (including phenoxy) is 1. The fraction of sp³-hybridized carbons (Fsp3) is 0.263. The first-order valence-corrected chi connectivity index (χ1v) is 9.07. The molecular weight excluding hydrogens is 372 g/mol. The van der Waals surface area contributed by atoms with Crippen molar-refractivity contribution in [3.8, 4) is 5.75 Å². The first-order chi connectivity index (χ1) is 12.9. The van der Waals surface area contributed by atoms with Crippen LogP contribution >= 0.6 is 11.3 Å². The van der Waals surface area contributed by atoms with E-state index in [-0.39, 0.29) is 11.4 Å². The van der Waals surface area contributed by atoms with Crippen LogP contribution in [0.25, 0.3) is 10.2 Å². The van der Waals surface area contributed by atoms with Gasteiger partial charge in [0.25, 0.3) is 5.91 Å². The molecule has 0 aliphatic rings. The molecule has 0 atom stereocenters. The highest BCUT2D eigenvalue weighted by atomic mass is 32.1. The van der Waals surface area contributed by atoms with E-state index in [1.165, 1.54) is 18.1 Å². The highest BCUT2D eigenvalue weighted by molar-refractivity contribution is 7.22. The monoisotopic (exact) mass is 391 g/mol. The molecule has 0 bridgehead atoms. The fourth-order valence-corrected chi connectivity index (χ4v) is 3.59. The van der Waals surface area contributed by atoms with Crippen molar-refractivity contribution < 1.29 is 18.3 Å². The predicted molar refractivity (Wildman–Crippen MR) is 103 cm³/mol. The molecule has 1 aromatic heterocycles. The number of likely N-dealkylation sites (N-methyl/N-ethyl adjacent to an activating group) is 1.